The minimum Gasteiger partial charge on any atom is -0.370 e. The lowest BCUT2D eigenvalue weighted by atomic mass is 10.2. The molecule has 0 radical (unpaired) electrons. The molecule has 1 aromatic heterocycles. The summed E-state index contributed by atoms with van der Waals surface area (Å²) in [5.41, 5.74) is 0. The van der Waals surface area contributed by atoms with Gasteiger partial charge in [-0.3, -0.25) is 0 Å². The monoisotopic (exact) mass is 200 g/mol. The summed E-state index contributed by atoms with van der Waals surface area (Å²) in [7, 11) is 0. The van der Waals surface area contributed by atoms with Gasteiger partial charge in [0, 0.05) is 6.61 Å². The first-order valence-corrected chi connectivity index (χ1v) is 4.89. The number of aromatic amines is 1. The molecule has 1 unspecified atom stereocenters. The predicted octanol–water partition coefficient (Wildman–Crippen LogP) is 2.22. The summed E-state index contributed by atoms with van der Waals surface area (Å²) in [6.45, 7) is 2.67. The van der Waals surface area contributed by atoms with E-state index in [0.717, 1.165) is 5.82 Å². The first-order chi connectivity index (χ1) is 6.31. The molecule has 0 bridgehead atoms. The second kappa shape index (κ2) is 3.59. The quantitative estimate of drug-likeness (QED) is 0.757. The molecule has 0 aliphatic heterocycles. The van der Waals surface area contributed by atoms with E-state index in [2.05, 4.69) is 10.1 Å². The molecule has 13 heavy (non-hydrogen) atoms. The number of hydrogen-bond donors (Lipinski definition) is 1. The number of nitrogens with one attached hydrogen (secondary N) is 1. The van der Waals surface area contributed by atoms with Gasteiger partial charge in [-0.2, -0.15) is 4.98 Å². The first kappa shape index (κ1) is 8.90. The molecule has 5 heteroatoms. The van der Waals surface area contributed by atoms with Crippen molar-refractivity contribution in [3.8, 4) is 0 Å². The van der Waals surface area contributed by atoms with Gasteiger partial charge in [-0.25, -0.2) is 5.16 Å². The largest absolute Gasteiger partial charge is 0.370 e. The van der Waals surface area contributed by atoms with E-state index in [1.165, 1.54) is 12.8 Å². The second-order valence-corrected chi connectivity index (χ2v) is 3.53. The standard InChI is InChI=1S/C8H12N2O2S/c1-2-11-6(5-3-4-5)7-9-8(13)12-10-7/h5-6H,2-4H2,1H3,(H,9,10,13). The maximum absolute atomic E-state index is 5.57. The molecule has 0 amide bonds. The van der Waals surface area contributed by atoms with Gasteiger partial charge in [0.25, 0.3) is 0 Å². The molecule has 72 valence electrons. The van der Waals surface area contributed by atoms with E-state index in [1.807, 2.05) is 6.92 Å². The Morgan fingerprint density at radius 1 is 1.77 bits per heavy atom. The van der Waals surface area contributed by atoms with Crippen LogP contribution in [0.25, 0.3) is 0 Å². The van der Waals surface area contributed by atoms with Gasteiger partial charge < -0.3 is 9.26 Å². The van der Waals surface area contributed by atoms with Crippen LogP contribution in [0.5, 0.6) is 0 Å². The van der Waals surface area contributed by atoms with Crippen LogP contribution >= 0.6 is 12.2 Å². The molecule has 0 aromatic carbocycles. The van der Waals surface area contributed by atoms with Gasteiger partial charge in [-0.15, -0.1) is 0 Å². The summed E-state index contributed by atoms with van der Waals surface area (Å²) in [6.07, 6.45) is 2.46. The average molecular weight is 200 g/mol. The molecule has 4 nitrogen and oxygen atoms in total. The SMILES string of the molecule is CCOC(c1nc(=S)o[nH]1)C1CC1. The highest BCUT2D eigenvalue weighted by molar-refractivity contribution is 7.71. The topological polar surface area (TPSA) is 51.1 Å². The molecule has 1 aliphatic carbocycles. The van der Waals surface area contributed by atoms with E-state index in [4.69, 9.17) is 21.5 Å². The molecule has 2 rings (SSSR count). The van der Waals surface area contributed by atoms with Crippen molar-refractivity contribution in [3.63, 3.8) is 0 Å². The summed E-state index contributed by atoms with van der Waals surface area (Å²) < 4.78 is 10.4. The Balaban J connectivity index is 2.14. The zero-order chi connectivity index (χ0) is 9.26. The van der Waals surface area contributed by atoms with E-state index in [9.17, 15) is 0 Å². The van der Waals surface area contributed by atoms with Crippen LogP contribution in [-0.4, -0.2) is 16.7 Å². The number of H-pyrrole nitrogens is 1. The van der Waals surface area contributed by atoms with Crippen molar-refractivity contribution in [2.45, 2.75) is 25.9 Å². The van der Waals surface area contributed by atoms with Gasteiger partial charge in [0.2, 0.25) is 0 Å². The van der Waals surface area contributed by atoms with E-state index < -0.39 is 0 Å². The van der Waals surface area contributed by atoms with Crippen LogP contribution in [0.2, 0.25) is 0 Å². The van der Waals surface area contributed by atoms with Crippen molar-refractivity contribution >= 4 is 12.2 Å². The first-order valence-electron chi connectivity index (χ1n) is 4.48. The average Bonchev–Trinajstić information content (AvgIpc) is 2.85. The minimum atomic E-state index is 0.0467. The molecule has 1 N–H and O–H groups in total. The lowest BCUT2D eigenvalue weighted by Gasteiger charge is -2.11. The molecular weight excluding hydrogens is 188 g/mol. The second-order valence-electron chi connectivity index (χ2n) is 3.18. The third-order valence-corrected chi connectivity index (χ3v) is 2.30. The maximum Gasteiger partial charge on any atom is 0.314 e. The van der Waals surface area contributed by atoms with E-state index in [1.54, 1.807) is 0 Å². The molecule has 1 heterocycles. The van der Waals surface area contributed by atoms with Gasteiger partial charge >= 0.3 is 4.84 Å². The smallest absolute Gasteiger partial charge is 0.314 e. The van der Waals surface area contributed by atoms with Crippen LogP contribution in [0.1, 0.15) is 31.7 Å². The fourth-order valence-electron chi connectivity index (χ4n) is 1.38. The minimum absolute atomic E-state index is 0.0467. The highest BCUT2D eigenvalue weighted by Crippen LogP contribution is 2.42. The molecule has 1 fully saturated rings. The van der Waals surface area contributed by atoms with Gasteiger partial charge in [0.15, 0.2) is 5.82 Å². The Kier molecular flexibility index (Phi) is 2.46. The van der Waals surface area contributed by atoms with Crippen LogP contribution in [0.3, 0.4) is 0 Å². The van der Waals surface area contributed by atoms with Crippen LogP contribution in [0.15, 0.2) is 4.52 Å². The summed E-state index contributed by atoms with van der Waals surface area (Å²) >= 11 is 4.78. The molecule has 1 aliphatic rings. The Hall–Kier alpha value is -0.680. The number of rotatable bonds is 4. The zero-order valence-electron chi connectivity index (χ0n) is 7.45. The fourth-order valence-corrected chi connectivity index (χ4v) is 1.52. The molecule has 1 saturated carbocycles. The van der Waals surface area contributed by atoms with Gasteiger partial charge in [-0.05, 0) is 37.9 Å². The summed E-state index contributed by atoms with van der Waals surface area (Å²) in [6, 6.07) is 0. The van der Waals surface area contributed by atoms with Gasteiger partial charge in [0.05, 0.1) is 0 Å². The van der Waals surface area contributed by atoms with Crippen LogP contribution in [0.4, 0.5) is 0 Å². The molecular formula is C8H12N2O2S. The Labute approximate surface area is 81.3 Å². The van der Waals surface area contributed by atoms with E-state index in [-0.39, 0.29) is 10.9 Å². The van der Waals surface area contributed by atoms with Crippen LogP contribution in [0, 0.1) is 10.8 Å². The van der Waals surface area contributed by atoms with Crippen molar-refractivity contribution in [2.24, 2.45) is 5.92 Å². The Morgan fingerprint density at radius 2 is 2.54 bits per heavy atom. The molecule has 1 aromatic rings. The molecule has 0 saturated heterocycles. The third kappa shape index (κ3) is 1.97. The zero-order valence-corrected chi connectivity index (χ0v) is 8.26. The summed E-state index contributed by atoms with van der Waals surface area (Å²) in [4.78, 5) is 4.31. The van der Waals surface area contributed by atoms with Crippen molar-refractivity contribution < 1.29 is 9.26 Å². The normalized spacial score (nSPS) is 18.8. The Bertz CT molecular complexity index is 329. The summed E-state index contributed by atoms with van der Waals surface area (Å²) in [5, 5.41) is 2.70. The highest BCUT2D eigenvalue weighted by Gasteiger charge is 2.35. The van der Waals surface area contributed by atoms with Crippen molar-refractivity contribution in [1.82, 2.24) is 10.1 Å². The van der Waals surface area contributed by atoms with Crippen LogP contribution < -0.4 is 0 Å². The van der Waals surface area contributed by atoms with Gasteiger partial charge in [-0.1, -0.05) is 0 Å². The summed E-state index contributed by atoms with van der Waals surface area (Å²) in [5.74, 6) is 1.32. The molecule has 0 spiro atoms. The third-order valence-electron chi connectivity index (χ3n) is 2.12. The number of ether oxygens (including phenoxy) is 1. The lowest BCUT2D eigenvalue weighted by Crippen LogP contribution is -2.08. The number of nitrogens with zero attached hydrogens (tertiary/aromatic N) is 1. The maximum atomic E-state index is 5.57. The van der Waals surface area contributed by atoms with E-state index in [0.29, 0.717) is 12.5 Å². The molecule has 1 atom stereocenters. The van der Waals surface area contributed by atoms with E-state index >= 15 is 0 Å². The highest BCUT2D eigenvalue weighted by atomic mass is 32.1. The van der Waals surface area contributed by atoms with Gasteiger partial charge in [0.1, 0.15) is 6.10 Å². The Morgan fingerprint density at radius 3 is 3.00 bits per heavy atom. The number of aromatic nitrogens is 2. The number of hydrogen-bond acceptors (Lipinski definition) is 4. The lowest BCUT2D eigenvalue weighted by molar-refractivity contribution is 0.0384. The predicted molar refractivity (Wildman–Crippen MR) is 48.8 cm³/mol. The van der Waals surface area contributed by atoms with Crippen molar-refractivity contribution in [2.75, 3.05) is 6.61 Å². The van der Waals surface area contributed by atoms with Crippen LogP contribution in [-0.2, 0) is 4.74 Å². The fraction of sp³-hybridized carbons (Fsp3) is 0.750. The van der Waals surface area contributed by atoms with Crippen molar-refractivity contribution in [1.29, 1.82) is 0 Å². The van der Waals surface area contributed by atoms with Crippen molar-refractivity contribution in [3.05, 3.63) is 10.7 Å².